The van der Waals surface area contributed by atoms with Crippen molar-refractivity contribution in [2.45, 2.75) is 13.0 Å². The van der Waals surface area contributed by atoms with Crippen molar-refractivity contribution in [2.75, 3.05) is 19.5 Å². The van der Waals surface area contributed by atoms with Crippen LogP contribution in [0.4, 0.5) is 5.69 Å². The highest BCUT2D eigenvalue weighted by molar-refractivity contribution is 5.93. The van der Waals surface area contributed by atoms with Crippen molar-refractivity contribution in [1.82, 2.24) is 4.98 Å². The topological polar surface area (TPSA) is 57.4 Å². The monoisotopic (exact) mass is 232 g/mol. The van der Waals surface area contributed by atoms with Gasteiger partial charge < -0.3 is 15.2 Å². The number of nitrogens with two attached hydrogens (primary N) is 1. The van der Waals surface area contributed by atoms with E-state index in [4.69, 9.17) is 15.2 Å². The largest absolute Gasteiger partial charge is 0.488 e. The van der Waals surface area contributed by atoms with Gasteiger partial charge in [0.15, 0.2) is 0 Å². The van der Waals surface area contributed by atoms with E-state index in [2.05, 4.69) is 4.98 Å². The van der Waals surface area contributed by atoms with Crippen LogP contribution in [0.2, 0.25) is 0 Å². The molecule has 17 heavy (non-hydrogen) atoms. The molecule has 1 unspecified atom stereocenters. The third kappa shape index (κ3) is 2.47. The van der Waals surface area contributed by atoms with Crippen LogP contribution < -0.4 is 10.5 Å². The van der Waals surface area contributed by atoms with Crippen molar-refractivity contribution in [3.8, 4) is 5.75 Å². The maximum atomic E-state index is 5.87. The Bertz CT molecular complexity index is 514. The van der Waals surface area contributed by atoms with Crippen molar-refractivity contribution in [3.05, 3.63) is 30.5 Å². The Balaban J connectivity index is 2.38. The molecule has 1 aromatic carbocycles. The predicted molar refractivity (Wildman–Crippen MR) is 68.1 cm³/mol. The molecule has 2 rings (SSSR count). The Labute approximate surface area is 100 Å². The molecule has 0 amide bonds. The second-order valence-electron chi connectivity index (χ2n) is 3.94. The number of rotatable bonds is 4. The number of ether oxygens (including phenoxy) is 2. The summed E-state index contributed by atoms with van der Waals surface area (Å²) in [6, 6.07) is 7.50. The van der Waals surface area contributed by atoms with E-state index in [1.165, 1.54) is 0 Å². The van der Waals surface area contributed by atoms with E-state index >= 15 is 0 Å². The maximum Gasteiger partial charge on any atom is 0.129 e. The third-order valence-corrected chi connectivity index (χ3v) is 2.49. The van der Waals surface area contributed by atoms with Gasteiger partial charge in [0.25, 0.3) is 0 Å². The first kappa shape index (κ1) is 11.7. The molecule has 0 fully saturated rings. The molecule has 0 saturated heterocycles. The van der Waals surface area contributed by atoms with Crippen molar-refractivity contribution in [2.24, 2.45) is 0 Å². The number of benzene rings is 1. The molecule has 0 radical (unpaired) electrons. The standard InChI is InChI=1S/C13H16N2O2/c1-9(8-16-2)17-12-6-5-11(14)13-10(12)4-3-7-15-13/h3-7,9H,8,14H2,1-2H3. The van der Waals surface area contributed by atoms with Gasteiger partial charge in [-0.1, -0.05) is 0 Å². The lowest BCUT2D eigenvalue weighted by Crippen LogP contribution is -2.18. The van der Waals surface area contributed by atoms with Crippen LogP contribution in [-0.4, -0.2) is 24.8 Å². The minimum absolute atomic E-state index is 0.00738. The summed E-state index contributed by atoms with van der Waals surface area (Å²) in [4.78, 5) is 4.26. The van der Waals surface area contributed by atoms with Crippen LogP contribution in [0, 0.1) is 0 Å². The van der Waals surface area contributed by atoms with Crippen molar-refractivity contribution in [3.63, 3.8) is 0 Å². The Hall–Kier alpha value is -1.81. The van der Waals surface area contributed by atoms with E-state index in [9.17, 15) is 0 Å². The van der Waals surface area contributed by atoms with Crippen LogP contribution >= 0.6 is 0 Å². The average molecular weight is 232 g/mol. The fraction of sp³-hybridized carbons (Fsp3) is 0.308. The normalized spacial score (nSPS) is 12.6. The van der Waals surface area contributed by atoms with Crippen molar-refractivity contribution in [1.29, 1.82) is 0 Å². The molecule has 2 aromatic rings. The van der Waals surface area contributed by atoms with Gasteiger partial charge in [-0.25, -0.2) is 0 Å². The minimum Gasteiger partial charge on any atom is -0.488 e. The van der Waals surface area contributed by atoms with Gasteiger partial charge in [0.2, 0.25) is 0 Å². The van der Waals surface area contributed by atoms with Gasteiger partial charge in [0.1, 0.15) is 11.9 Å². The van der Waals surface area contributed by atoms with Crippen LogP contribution in [-0.2, 0) is 4.74 Å². The number of pyridine rings is 1. The number of fused-ring (bicyclic) bond motifs is 1. The van der Waals surface area contributed by atoms with Gasteiger partial charge in [-0.05, 0) is 31.2 Å². The van der Waals surface area contributed by atoms with Crippen LogP contribution in [0.15, 0.2) is 30.5 Å². The molecular formula is C13H16N2O2. The van der Waals surface area contributed by atoms with Gasteiger partial charge >= 0.3 is 0 Å². The molecule has 2 N–H and O–H groups in total. The highest BCUT2D eigenvalue weighted by Gasteiger charge is 2.09. The van der Waals surface area contributed by atoms with E-state index in [0.29, 0.717) is 12.3 Å². The molecule has 1 aromatic heterocycles. The zero-order valence-electron chi connectivity index (χ0n) is 10.0. The molecule has 1 atom stereocenters. The smallest absolute Gasteiger partial charge is 0.129 e. The second-order valence-corrected chi connectivity index (χ2v) is 3.94. The summed E-state index contributed by atoms with van der Waals surface area (Å²) in [6.07, 6.45) is 1.72. The van der Waals surface area contributed by atoms with Crippen molar-refractivity contribution < 1.29 is 9.47 Å². The van der Waals surface area contributed by atoms with E-state index < -0.39 is 0 Å². The first-order valence-electron chi connectivity index (χ1n) is 5.51. The fourth-order valence-electron chi connectivity index (χ4n) is 1.76. The molecule has 0 bridgehead atoms. The molecule has 0 saturated carbocycles. The number of anilines is 1. The Morgan fingerprint density at radius 1 is 1.35 bits per heavy atom. The molecule has 0 aliphatic heterocycles. The predicted octanol–water partition coefficient (Wildman–Crippen LogP) is 2.23. The van der Waals surface area contributed by atoms with Crippen LogP contribution in [0.5, 0.6) is 5.75 Å². The minimum atomic E-state index is -0.00738. The van der Waals surface area contributed by atoms with Crippen LogP contribution in [0.25, 0.3) is 10.9 Å². The lowest BCUT2D eigenvalue weighted by atomic mass is 10.1. The Morgan fingerprint density at radius 2 is 2.18 bits per heavy atom. The van der Waals surface area contributed by atoms with Gasteiger partial charge in [0, 0.05) is 18.7 Å². The molecule has 90 valence electrons. The highest BCUT2D eigenvalue weighted by Crippen LogP contribution is 2.28. The van der Waals surface area contributed by atoms with Crippen LogP contribution in [0.3, 0.4) is 0 Å². The molecule has 1 heterocycles. The molecule has 0 aliphatic carbocycles. The number of methoxy groups -OCH3 is 1. The Kier molecular flexibility index (Phi) is 3.44. The zero-order valence-corrected chi connectivity index (χ0v) is 10.0. The summed E-state index contributed by atoms with van der Waals surface area (Å²) in [7, 11) is 1.66. The summed E-state index contributed by atoms with van der Waals surface area (Å²) >= 11 is 0. The van der Waals surface area contributed by atoms with Gasteiger partial charge in [-0.15, -0.1) is 0 Å². The summed E-state index contributed by atoms with van der Waals surface area (Å²) in [5, 5.41) is 0.926. The first-order chi connectivity index (χ1) is 8.22. The van der Waals surface area contributed by atoms with Crippen molar-refractivity contribution >= 4 is 16.6 Å². The SMILES string of the molecule is COCC(C)Oc1ccc(N)c2ncccc12. The number of nitrogen functional groups attached to an aromatic ring is 1. The third-order valence-electron chi connectivity index (χ3n) is 2.49. The Morgan fingerprint density at radius 3 is 2.94 bits per heavy atom. The highest BCUT2D eigenvalue weighted by atomic mass is 16.5. The maximum absolute atomic E-state index is 5.87. The number of hydrogen-bond donors (Lipinski definition) is 1. The van der Waals surface area contributed by atoms with E-state index in [1.54, 1.807) is 13.3 Å². The molecule has 4 nitrogen and oxygen atoms in total. The summed E-state index contributed by atoms with van der Waals surface area (Å²) in [6.45, 7) is 2.51. The van der Waals surface area contributed by atoms with Crippen LogP contribution in [0.1, 0.15) is 6.92 Å². The average Bonchev–Trinajstić information content (AvgIpc) is 2.34. The number of nitrogens with zero attached hydrogens (tertiary/aromatic N) is 1. The quantitative estimate of drug-likeness (QED) is 0.821. The van der Waals surface area contributed by atoms with E-state index in [-0.39, 0.29) is 6.10 Å². The number of aromatic nitrogens is 1. The lowest BCUT2D eigenvalue weighted by Gasteiger charge is -2.15. The summed E-state index contributed by atoms with van der Waals surface area (Å²) in [5.74, 6) is 0.784. The molecule has 4 heteroatoms. The van der Waals surface area contributed by atoms with E-state index in [1.807, 2.05) is 31.2 Å². The van der Waals surface area contributed by atoms with Gasteiger partial charge in [-0.2, -0.15) is 0 Å². The second kappa shape index (κ2) is 5.01. The molecule has 0 spiro atoms. The lowest BCUT2D eigenvalue weighted by molar-refractivity contribution is 0.0931. The number of hydrogen-bond acceptors (Lipinski definition) is 4. The van der Waals surface area contributed by atoms with Gasteiger partial charge in [0.05, 0.1) is 17.8 Å². The zero-order chi connectivity index (χ0) is 12.3. The fourth-order valence-corrected chi connectivity index (χ4v) is 1.76. The molecular weight excluding hydrogens is 216 g/mol. The van der Waals surface area contributed by atoms with E-state index in [0.717, 1.165) is 16.7 Å². The first-order valence-corrected chi connectivity index (χ1v) is 5.51. The van der Waals surface area contributed by atoms with Gasteiger partial charge in [-0.3, -0.25) is 4.98 Å². The summed E-state index contributed by atoms with van der Waals surface area (Å²) in [5.41, 5.74) is 7.30. The summed E-state index contributed by atoms with van der Waals surface area (Å²) < 4.78 is 10.8. The molecule has 0 aliphatic rings.